The minimum atomic E-state index is -0.894. The summed E-state index contributed by atoms with van der Waals surface area (Å²) in [6.45, 7) is -0.636. The summed E-state index contributed by atoms with van der Waals surface area (Å²) in [6, 6.07) is 9.65. The molecule has 0 radical (unpaired) electrons. The summed E-state index contributed by atoms with van der Waals surface area (Å²) >= 11 is 0. The van der Waals surface area contributed by atoms with Crippen LogP contribution < -0.4 is 0 Å². The molecule has 1 aliphatic heterocycles. The summed E-state index contributed by atoms with van der Waals surface area (Å²) in [4.78, 5) is 49.5. The van der Waals surface area contributed by atoms with Gasteiger partial charge < -0.3 is 4.90 Å². The molecule has 8 nitrogen and oxygen atoms in total. The Morgan fingerprint density at radius 1 is 1.15 bits per heavy atom. The maximum absolute atomic E-state index is 13.7. The molecule has 1 aliphatic rings. The molecule has 1 heterocycles. The van der Waals surface area contributed by atoms with Crippen molar-refractivity contribution in [3.8, 4) is 0 Å². The van der Waals surface area contributed by atoms with Gasteiger partial charge in [-0.25, -0.2) is 4.39 Å². The van der Waals surface area contributed by atoms with Crippen LogP contribution >= 0.6 is 0 Å². The SMILES string of the molecule is CN(Cc1ccccc1F)C(=O)CN1C(=O)c2cccc([N+](=O)[O-])c2C1=O. The molecule has 0 N–H and O–H groups in total. The van der Waals surface area contributed by atoms with Crippen molar-refractivity contribution >= 4 is 23.4 Å². The molecular weight excluding hydrogens is 357 g/mol. The second-order valence-corrected chi connectivity index (χ2v) is 5.99. The third kappa shape index (κ3) is 3.26. The molecule has 3 amide bonds. The van der Waals surface area contributed by atoms with Gasteiger partial charge in [-0.1, -0.05) is 24.3 Å². The predicted octanol–water partition coefficient (Wildman–Crippen LogP) is 1.99. The van der Waals surface area contributed by atoms with Gasteiger partial charge in [0.2, 0.25) is 5.91 Å². The number of halogens is 1. The normalized spacial score (nSPS) is 12.9. The van der Waals surface area contributed by atoms with Crippen LogP contribution in [0.25, 0.3) is 0 Å². The third-order valence-electron chi connectivity index (χ3n) is 4.26. The van der Waals surface area contributed by atoms with E-state index >= 15 is 0 Å². The first kappa shape index (κ1) is 18.2. The van der Waals surface area contributed by atoms with Crippen molar-refractivity contribution in [2.24, 2.45) is 0 Å². The van der Waals surface area contributed by atoms with Gasteiger partial charge in [0.25, 0.3) is 17.5 Å². The van der Waals surface area contributed by atoms with E-state index in [1.54, 1.807) is 6.07 Å². The van der Waals surface area contributed by atoms with Gasteiger partial charge in [-0.2, -0.15) is 0 Å². The van der Waals surface area contributed by atoms with Crippen molar-refractivity contribution in [2.45, 2.75) is 6.54 Å². The summed E-state index contributed by atoms with van der Waals surface area (Å²) in [6.07, 6.45) is 0. The van der Waals surface area contributed by atoms with Crippen LogP contribution in [-0.2, 0) is 11.3 Å². The zero-order valence-corrected chi connectivity index (χ0v) is 14.2. The van der Waals surface area contributed by atoms with Gasteiger partial charge in [0.15, 0.2) is 0 Å². The Labute approximate surface area is 152 Å². The highest BCUT2D eigenvalue weighted by molar-refractivity contribution is 6.24. The van der Waals surface area contributed by atoms with Crippen LogP contribution in [0.2, 0.25) is 0 Å². The highest BCUT2D eigenvalue weighted by Crippen LogP contribution is 2.30. The molecule has 0 aromatic heterocycles. The molecule has 2 aromatic rings. The van der Waals surface area contributed by atoms with Gasteiger partial charge in [0, 0.05) is 25.2 Å². The van der Waals surface area contributed by atoms with E-state index in [2.05, 4.69) is 0 Å². The van der Waals surface area contributed by atoms with E-state index in [1.165, 1.54) is 42.3 Å². The number of nitro benzene ring substituents is 1. The Morgan fingerprint density at radius 2 is 1.85 bits per heavy atom. The number of carbonyl (C=O) groups excluding carboxylic acids is 3. The van der Waals surface area contributed by atoms with Crippen molar-refractivity contribution in [1.29, 1.82) is 0 Å². The summed E-state index contributed by atoms with van der Waals surface area (Å²) < 4.78 is 13.7. The molecule has 0 fully saturated rings. The predicted molar refractivity (Wildman–Crippen MR) is 91.3 cm³/mol. The quantitative estimate of drug-likeness (QED) is 0.454. The summed E-state index contributed by atoms with van der Waals surface area (Å²) in [5.41, 5.74) is -0.636. The van der Waals surface area contributed by atoms with Crippen LogP contribution in [0.5, 0.6) is 0 Å². The number of fused-ring (bicyclic) bond motifs is 1. The van der Waals surface area contributed by atoms with Crippen LogP contribution in [0.4, 0.5) is 10.1 Å². The van der Waals surface area contributed by atoms with Crippen molar-refractivity contribution in [2.75, 3.05) is 13.6 Å². The fourth-order valence-corrected chi connectivity index (χ4v) is 2.84. The molecular formula is C18H14FN3O5. The lowest BCUT2D eigenvalue weighted by atomic mass is 10.1. The van der Waals surface area contributed by atoms with E-state index in [0.717, 1.165) is 6.07 Å². The molecule has 2 aromatic carbocycles. The fraction of sp³-hybridized carbons (Fsp3) is 0.167. The van der Waals surface area contributed by atoms with Gasteiger partial charge in [-0.05, 0) is 12.1 Å². The fourth-order valence-electron chi connectivity index (χ4n) is 2.84. The number of benzene rings is 2. The largest absolute Gasteiger partial charge is 0.340 e. The van der Waals surface area contributed by atoms with Gasteiger partial charge in [-0.15, -0.1) is 0 Å². The molecule has 0 spiro atoms. The van der Waals surface area contributed by atoms with Crippen LogP contribution in [0.3, 0.4) is 0 Å². The molecule has 0 atom stereocenters. The summed E-state index contributed by atoms with van der Waals surface area (Å²) in [5.74, 6) is -2.75. The summed E-state index contributed by atoms with van der Waals surface area (Å²) in [5, 5.41) is 11.1. The standard InChI is InChI=1S/C18H14FN3O5/c1-20(9-11-5-2-3-7-13(11)19)15(23)10-21-17(24)12-6-4-8-14(22(26)27)16(12)18(21)25/h2-8H,9-10H2,1H3. The zero-order chi connectivity index (χ0) is 19.7. The molecule has 0 bridgehead atoms. The van der Waals surface area contributed by atoms with E-state index in [4.69, 9.17) is 0 Å². The molecule has 0 saturated carbocycles. The third-order valence-corrected chi connectivity index (χ3v) is 4.26. The number of imide groups is 1. The maximum Gasteiger partial charge on any atom is 0.282 e. The highest BCUT2D eigenvalue weighted by Gasteiger charge is 2.41. The number of likely N-dealkylation sites (N-methyl/N-ethyl adjacent to an activating group) is 1. The maximum atomic E-state index is 13.7. The van der Waals surface area contributed by atoms with Gasteiger partial charge in [0.05, 0.1) is 10.5 Å². The van der Waals surface area contributed by atoms with E-state index in [9.17, 15) is 28.9 Å². The number of carbonyl (C=O) groups is 3. The first-order valence-electron chi connectivity index (χ1n) is 7.92. The summed E-state index contributed by atoms with van der Waals surface area (Å²) in [7, 11) is 1.41. The average Bonchev–Trinajstić information content (AvgIpc) is 2.88. The van der Waals surface area contributed by atoms with E-state index in [1.807, 2.05) is 0 Å². The van der Waals surface area contributed by atoms with Gasteiger partial charge in [0.1, 0.15) is 17.9 Å². The molecule has 0 unspecified atom stereocenters. The van der Waals surface area contributed by atoms with Gasteiger partial charge in [-0.3, -0.25) is 29.4 Å². The Hall–Kier alpha value is -3.62. The van der Waals surface area contributed by atoms with Crippen LogP contribution in [0.15, 0.2) is 42.5 Å². The first-order valence-corrected chi connectivity index (χ1v) is 7.92. The highest BCUT2D eigenvalue weighted by atomic mass is 19.1. The molecule has 27 heavy (non-hydrogen) atoms. The minimum absolute atomic E-state index is 0.0468. The second-order valence-electron chi connectivity index (χ2n) is 5.99. The molecule has 0 aliphatic carbocycles. The molecule has 138 valence electrons. The number of hydrogen-bond donors (Lipinski definition) is 0. The van der Waals surface area contributed by atoms with E-state index in [0.29, 0.717) is 4.90 Å². The number of rotatable bonds is 5. The molecule has 3 rings (SSSR count). The van der Waals surface area contributed by atoms with Crippen molar-refractivity contribution in [3.63, 3.8) is 0 Å². The van der Waals surface area contributed by atoms with Crippen molar-refractivity contribution in [3.05, 3.63) is 75.1 Å². The smallest absolute Gasteiger partial charge is 0.282 e. The zero-order valence-electron chi connectivity index (χ0n) is 14.2. The number of nitro groups is 1. The number of amides is 3. The van der Waals surface area contributed by atoms with Crippen LogP contribution in [-0.4, -0.2) is 46.0 Å². The van der Waals surface area contributed by atoms with Crippen LogP contribution in [0, 0.1) is 15.9 Å². The van der Waals surface area contributed by atoms with Crippen molar-refractivity contribution in [1.82, 2.24) is 9.80 Å². The lowest BCUT2D eigenvalue weighted by molar-refractivity contribution is -0.385. The lowest BCUT2D eigenvalue weighted by Gasteiger charge is -2.21. The molecule has 9 heteroatoms. The Morgan fingerprint density at radius 3 is 2.52 bits per heavy atom. The second kappa shape index (κ2) is 6.94. The molecule has 0 saturated heterocycles. The number of hydrogen-bond acceptors (Lipinski definition) is 5. The Balaban J connectivity index is 1.78. The van der Waals surface area contributed by atoms with E-state index in [-0.39, 0.29) is 23.2 Å². The lowest BCUT2D eigenvalue weighted by Crippen LogP contribution is -2.41. The van der Waals surface area contributed by atoms with Crippen molar-refractivity contribution < 1.29 is 23.7 Å². The first-order chi connectivity index (χ1) is 12.8. The van der Waals surface area contributed by atoms with Crippen LogP contribution in [0.1, 0.15) is 26.3 Å². The topological polar surface area (TPSA) is 101 Å². The minimum Gasteiger partial charge on any atom is -0.340 e. The Bertz CT molecular complexity index is 975. The monoisotopic (exact) mass is 371 g/mol. The average molecular weight is 371 g/mol. The van der Waals surface area contributed by atoms with E-state index < -0.39 is 40.7 Å². The van der Waals surface area contributed by atoms with Gasteiger partial charge >= 0.3 is 0 Å². The number of nitrogens with zero attached hydrogens (tertiary/aromatic N) is 3. The Kier molecular flexibility index (Phi) is 4.68.